The van der Waals surface area contributed by atoms with Crippen molar-refractivity contribution in [1.82, 2.24) is 9.59 Å². The molecule has 0 saturated heterocycles. The number of amides is 1. The minimum atomic E-state index is -1.32. The van der Waals surface area contributed by atoms with Gasteiger partial charge >= 0.3 is 5.97 Å². The summed E-state index contributed by atoms with van der Waals surface area (Å²) < 4.78 is 17.5. The second-order valence-electron chi connectivity index (χ2n) is 4.56. The maximum atomic E-state index is 13.8. The molecule has 0 aliphatic rings. The number of aromatic carboxylic acids is 1. The number of nitrogens with one attached hydrogen (secondary N) is 1. The molecule has 0 spiro atoms. The minimum absolute atomic E-state index is 0.0240. The summed E-state index contributed by atoms with van der Waals surface area (Å²) in [4.78, 5) is 23.5. The number of para-hydroxylation sites is 1. The van der Waals surface area contributed by atoms with Crippen molar-refractivity contribution in [2.24, 2.45) is 0 Å². The van der Waals surface area contributed by atoms with Gasteiger partial charge in [0, 0.05) is 0 Å². The molecule has 8 heteroatoms. The number of benzene rings is 1. The van der Waals surface area contributed by atoms with E-state index in [9.17, 15) is 14.0 Å². The van der Waals surface area contributed by atoms with E-state index in [-0.39, 0.29) is 22.0 Å². The topological polar surface area (TPSA) is 92.2 Å². The molecule has 0 saturated carbocycles. The first-order valence-corrected chi connectivity index (χ1v) is 6.84. The predicted octanol–water partition coefficient (Wildman–Crippen LogP) is 2.75. The van der Waals surface area contributed by atoms with E-state index in [4.69, 9.17) is 5.11 Å². The number of hydrogen-bond donors (Lipinski definition) is 2. The number of rotatable bonds is 4. The molecule has 2 N–H and O–H groups in total. The van der Waals surface area contributed by atoms with E-state index >= 15 is 0 Å². The van der Waals surface area contributed by atoms with Crippen molar-refractivity contribution in [3.63, 3.8) is 0 Å². The molecule has 0 bridgehead atoms. The summed E-state index contributed by atoms with van der Waals surface area (Å²) in [5.41, 5.74) is -0.184. The van der Waals surface area contributed by atoms with Crippen LogP contribution in [0.1, 0.15) is 45.5 Å². The van der Waals surface area contributed by atoms with Crippen molar-refractivity contribution in [2.45, 2.75) is 19.8 Å². The molecule has 110 valence electrons. The maximum absolute atomic E-state index is 13.8. The SMILES string of the molecule is CC(C)c1nnsc1C(=O)Nc1c(F)cccc1C(=O)O. The highest BCUT2D eigenvalue weighted by molar-refractivity contribution is 7.08. The molecule has 0 radical (unpaired) electrons. The standard InChI is InChI=1S/C13H12FN3O3S/c1-6(2)9-11(21-17-16-9)12(18)15-10-7(13(19)20)4-3-5-8(10)14/h3-6H,1-2H3,(H,15,18)(H,19,20). The Morgan fingerprint density at radius 3 is 2.71 bits per heavy atom. The van der Waals surface area contributed by atoms with Crippen molar-refractivity contribution in [1.29, 1.82) is 0 Å². The predicted molar refractivity (Wildman–Crippen MR) is 75.3 cm³/mol. The first-order chi connectivity index (χ1) is 9.91. The summed E-state index contributed by atoms with van der Waals surface area (Å²) in [7, 11) is 0. The van der Waals surface area contributed by atoms with Crippen LogP contribution in [-0.4, -0.2) is 26.6 Å². The third-order valence-corrected chi connectivity index (χ3v) is 3.49. The van der Waals surface area contributed by atoms with Gasteiger partial charge in [-0.1, -0.05) is 24.4 Å². The van der Waals surface area contributed by atoms with E-state index in [1.165, 1.54) is 12.1 Å². The van der Waals surface area contributed by atoms with Gasteiger partial charge < -0.3 is 10.4 Å². The Kier molecular flexibility index (Phi) is 4.27. The number of halogens is 1. The number of hydrogen-bond acceptors (Lipinski definition) is 5. The van der Waals surface area contributed by atoms with Crippen molar-refractivity contribution in [2.75, 3.05) is 5.32 Å². The van der Waals surface area contributed by atoms with Crippen molar-refractivity contribution in [3.8, 4) is 0 Å². The molecule has 0 fully saturated rings. The number of carbonyl (C=O) groups is 2. The third kappa shape index (κ3) is 3.05. The molecule has 1 aromatic carbocycles. The first-order valence-electron chi connectivity index (χ1n) is 6.07. The summed E-state index contributed by atoms with van der Waals surface area (Å²) in [5.74, 6) is -2.78. The highest BCUT2D eigenvalue weighted by Gasteiger charge is 2.22. The summed E-state index contributed by atoms with van der Waals surface area (Å²) >= 11 is 0.882. The van der Waals surface area contributed by atoms with Crippen LogP contribution in [0, 0.1) is 5.82 Å². The molecular formula is C13H12FN3O3S. The van der Waals surface area contributed by atoms with Crippen LogP contribution in [0.5, 0.6) is 0 Å². The largest absolute Gasteiger partial charge is 0.478 e. The van der Waals surface area contributed by atoms with E-state index in [0.717, 1.165) is 17.6 Å². The molecule has 0 atom stereocenters. The molecule has 0 aliphatic heterocycles. The zero-order valence-electron chi connectivity index (χ0n) is 11.3. The lowest BCUT2D eigenvalue weighted by atomic mass is 10.1. The van der Waals surface area contributed by atoms with Crippen molar-refractivity contribution in [3.05, 3.63) is 40.2 Å². The average Bonchev–Trinajstić information content (AvgIpc) is 2.90. The Bertz CT molecular complexity index is 700. The van der Waals surface area contributed by atoms with Gasteiger partial charge in [-0.2, -0.15) is 0 Å². The summed E-state index contributed by atoms with van der Waals surface area (Å²) in [6.07, 6.45) is 0. The smallest absolute Gasteiger partial charge is 0.337 e. The molecule has 2 rings (SSSR count). The lowest BCUT2D eigenvalue weighted by Crippen LogP contribution is -2.17. The van der Waals surface area contributed by atoms with Gasteiger partial charge in [0.05, 0.1) is 16.9 Å². The number of carboxylic acids is 1. The van der Waals surface area contributed by atoms with Crippen LogP contribution in [0.3, 0.4) is 0 Å². The average molecular weight is 309 g/mol. The normalized spacial score (nSPS) is 10.7. The van der Waals surface area contributed by atoms with Crippen LogP contribution in [0.4, 0.5) is 10.1 Å². The summed E-state index contributed by atoms with van der Waals surface area (Å²) in [6.45, 7) is 3.69. The quantitative estimate of drug-likeness (QED) is 0.906. The fourth-order valence-corrected chi connectivity index (χ4v) is 2.45. The summed E-state index contributed by atoms with van der Waals surface area (Å²) in [5, 5.41) is 15.2. The van der Waals surface area contributed by atoms with Crippen LogP contribution < -0.4 is 5.32 Å². The monoisotopic (exact) mass is 309 g/mol. The van der Waals surface area contributed by atoms with E-state index in [1.807, 2.05) is 13.8 Å². The Labute approximate surface area is 123 Å². The molecule has 1 heterocycles. The first kappa shape index (κ1) is 15.0. The van der Waals surface area contributed by atoms with Crippen LogP contribution in [-0.2, 0) is 0 Å². The number of nitrogens with zero attached hydrogens (tertiary/aromatic N) is 2. The molecule has 21 heavy (non-hydrogen) atoms. The maximum Gasteiger partial charge on any atom is 0.337 e. The molecule has 6 nitrogen and oxygen atoms in total. The van der Waals surface area contributed by atoms with Crippen LogP contribution in [0.15, 0.2) is 18.2 Å². The van der Waals surface area contributed by atoms with Gasteiger partial charge in [-0.3, -0.25) is 4.79 Å². The Morgan fingerprint density at radius 1 is 1.38 bits per heavy atom. The van der Waals surface area contributed by atoms with Gasteiger partial charge in [-0.25, -0.2) is 9.18 Å². The highest BCUT2D eigenvalue weighted by atomic mass is 32.1. The zero-order valence-corrected chi connectivity index (χ0v) is 12.1. The lowest BCUT2D eigenvalue weighted by molar-refractivity contribution is 0.0697. The molecule has 2 aromatic rings. The van der Waals surface area contributed by atoms with Gasteiger partial charge in [-0.15, -0.1) is 5.10 Å². The fraction of sp³-hybridized carbons (Fsp3) is 0.231. The van der Waals surface area contributed by atoms with Gasteiger partial charge in [0.2, 0.25) is 0 Å². The minimum Gasteiger partial charge on any atom is -0.478 e. The second kappa shape index (κ2) is 5.96. The second-order valence-corrected chi connectivity index (χ2v) is 5.32. The van der Waals surface area contributed by atoms with E-state index in [2.05, 4.69) is 14.9 Å². The molecule has 1 aromatic heterocycles. The fourth-order valence-electron chi connectivity index (χ4n) is 1.73. The number of anilines is 1. The number of carbonyl (C=O) groups excluding carboxylic acids is 1. The highest BCUT2D eigenvalue weighted by Crippen LogP contribution is 2.24. The zero-order chi connectivity index (χ0) is 15.6. The number of aromatic nitrogens is 2. The van der Waals surface area contributed by atoms with E-state index < -0.39 is 17.7 Å². The lowest BCUT2D eigenvalue weighted by Gasteiger charge is -2.09. The number of carboxylic acid groups (broad SMARTS) is 1. The molecule has 0 unspecified atom stereocenters. The molecule has 0 aliphatic carbocycles. The molecule has 1 amide bonds. The van der Waals surface area contributed by atoms with Crippen molar-refractivity contribution >= 4 is 29.1 Å². The van der Waals surface area contributed by atoms with Gasteiger partial charge in [0.1, 0.15) is 10.7 Å². The summed E-state index contributed by atoms with van der Waals surface area (Å²) in [6, 6.07) is 3.56. The van der Waals surface area contributed by atoms with Crippen LogP contribution in [0.2, 0.25) is 0 Å². The third-order valence-electron chi connectivity index (χ3n) is 2.75. The van der Waals surface area contributed by atoms with Gasteiger partial charge in [0.15, 0.2) is 0 Å². The Morgan fingerprint density at radius 2 is 2.10 bits per heavy atom. The Balaban J connectivity index is 2.36. The Hall–Kier alpha value is -2.35. The van der Waals surface area contributed by atoms with E-state index in [1.54, 1.807) is 0 Å². The van der Waals surface area contributed by atoms with Crippen molar-refractivity contribution < 1.29 is 19.1 Å². The van der Waals surface area contributed by atoms with Gasteiger partial charge in [-0.05, 0) is 29.6 Å². The van der Waals surface area contributed by atoms with Crippen LogP contribution in [0.25, 0.3) is 0 Å². The molecular weight excluding hydrogens is 297 g/mol. The van der Waals surface area contributed by atoms with Gasteiger partial charge in [0.25, 0.3) is 5.91 Å². The van der Waals surface area contributed by atoms with Crippen LogP contribution >= 0.6 is 11.5 Å². The van der Waals surface area contributed by atoms with E-state index in [0.29, 0.717) is 5.69 Å².